The number of carbonyl (C=O) groups excluding carboxylic acids is 1. The lowest BCUT2D eigenvalue weighted by molar-refractivity contribution is -0.122. The first-order valence-corrected chi connectivity index (χ1v) is 6.77. The Morgan fingerprint density at radius 3 is 2.68 bits per heavy atom. The molecule has 0 heterocycles. The highest BCUT2D eigenvalue weighted by Gasteiger charge is 2.13. The summed E-state index contributed by atoms with van der Waals surface area (Å²) in [4.78, 5) is 13.8. The van der Waals surface area contributed by atoms with Gasteiger partial charge >= 0.3 is 0 Å². The minimum Gasteiger partial charge on any atom is -0.395 e. The van der Waals surface area contributed by atoms with Crippen LogP contribution >= 0.6 is 11.6 Å². The lowest BCUT2D eigenvalue weighted by Crippen LogP contribution is -2.42. The molecule has 0 saturated carbocycles. The van der Waals surface area contributed by atoms with Gasteiger partial charge in [0, 0.05) is 24.2 Å². The Morgan fingerprint density at radius 1 is 1.42 bits per heavy atom. The average Bonchev–Trinajstić information content (AvgIpc) is 2.37. The fraction of sp³-hybridized carbons (Fsp3) is 0.500. The summed E-state index contributed by atoms with van der Waals surface area (Å²) in [6.07, 6.45) is 0. The smallest absolute Gasteiger partial charge is 0.234 e. The van der Waals surface area contributed by atoms with Gasteiger partial charge in [-0.25, -0.2) is 0 Å². The van der Waals surface area contributed by atoms with Crippen molar-refractivity contribution in [3.05, 3.63) is 34.9 Å². The number of halogens is 1. The zero-order valence-corrected chi connectivity index (χ0v) is 12.2. The summed E-state index contributed by atoms with van der Waals surface area (Å²) < 4.78 is 0. The molecule has 0 aliphatic carbocycles. The fourth-order valence-electron chi connectivity index (χ4n) is 1.72. The van der Waals surface area contributed by atoms with Crippen molar-refractivity contribution < 1.29 is 9.90 Å². The summed E-state index contributed by atoms with van der Waals surface area (Å²) in [5.41, 5.74) is 0.899. The van der Waals surface area contributed by atoms with Gasteiger partial charge in [0.2, 0.25) is 5.91 Å². The average molecular weight is 285 g/mol. The SMILES string of the molecule is CC(C)N(CCO)CC(=O)NCc1ccccc1Cl. The minimum atomic E-state index is -0.0675. The van der Waals surface area contributed by atoms with Gasteiger partial charge in [-0.05, 0) is 25.5 Å². The highest BCUT2D eigenvalue weighted by Crippen LogP contribution is 2.14. The van der Waals surface area contributed by atoms with Crippen LogP contribution in [-0.4, -0.2) is 41.7 Å². The Balaban J connectivity index is 2.45. The number of hydrogen-bond donors (Lipinski definition) is 2. The van der Waals surface area contributed by atoms with E-state index in [0.29, 0.717) is 18.1 Å². The van der Waals surface area contributed by atoms with E-state index in [1.54, 1.807) is 6.07 Å². The molecule has 0 saturated heterocycles. The summed E-state index contributed by atoms with van der Waals surface area (Å²) >= 11 is 6.02. The van der Waals surface area contributed by atoms with Gasteiger partial charge in [0.05, 0.1) is 13.2 Å². The summed E-state index contributed by atoms with van der Waals surface area (Å²) in [6.45, 7) is 5.24. The molecule has 0 atom stereocenters. The Hall–Kier alpha value is -1.10. The van der Waals surface area contributed by atoms with Crippen molar-refractivity contribution in [2.24, 2.45) is 0 Å². The van der Waals surface area contributed by atoms with Crippen LogP contribution in [0.15, 0.2) is 24.3 Å². The van der Waals surface area contributed by atoms with Crippen LogP contribution in [0.1, 0.15) is 19.4 Å². The number of rotatable bonds is 7. The maximum absolute atomic E-state index is 11.8. The number of nitrogens with zero attached hydrogens (tertiary/aromatic N) is 1. The molecule has 0 fully saturated rings. The Kier molecular flexibility index (Phi) is 6.84. The quantitative estimate of drug-likeness (QED) is 0.801. The van der Waals surface area contributed by atoms with Crippen LogP contribution < -0.4 is 5.32 Å². The first-order valence-electron chi connectivity index (χ1n) is 6.39. The van der Waals surface area contributed by atoms with E-state index in [1.807, 2.05) is 36.9 Å². The molecule has 1 aromatic rings. The molecule has 0 aliphatic rings. The van der Waals surface area contributed by atoms with Crippen LogP contribution in [0.4, 0.5) is 0 Å². The lowest BCUT2D eigenvalue weighted by Gasteiger charge is -2.24. The third-order valence-electron chi connectivity index (χ3n) is 2.90. The van der Waals surface area contributed by atoms with Crippen molar-refractivity contribution in [2.45, 2.75) is 26.4 Å². The van der Waals surface area contributed by atoms with Gasteiger partial charge in [0.25, 0.3) is 0 Å². The third kappa shape index (κ3) is 5.59. The highest BCUT2D eigenvalue weighted by atomic mass is 35.5. The van der Waals surface area contributed by atoms with E-state index in [0.717, 1.165) is 5.56 Å². The Morgan fingerprint density at radius 2 is 2.11 bits per heavy atom. The maximum Gasteiger partial charge on any atom is 0.234 e. The van der Waals surface area contributed by atoms with Crippen molar-refractivity contribution in [2.75, 3.05) is 19.7 Å². The molecule has 19 heavy (non-hydrogen) atoms. The van der Waals surface area contributed by atoms with Crippen LogP contribution in [-0.2, 0) is 11.3 Å². The summed E-state index contributed by atoms with van der Waals surface area (Å²) in [5, 5.41) is 12.4. The number of carbonyl (C=O) groups is 1. The van der Waals surface area contributed by atoms with Crippen LogP contribution in [0.25, 0.3) is 0 Å². The normalized spacial score (nSPS) is 11.1. The van der Waals surface area contributed by atoms with Gasteiger partial charge in [-0.2, -0.15) is 0 Å². The zero-order valence-electron chi connectivity index (χ0n) is 11.4. The molecule has 0 unspecified atom stereocenters. The fourth-order valence-corrected chi connectivity index (χ4v) is 1.93. The van der Waals surface area contributed by atoms with Crippen molar-refractivity contribution in [3.8, 4) is 0 Å². The second kappa shape index (κ2) is 8.15. The molecule has 0 bridgehead atoms. The van der Waals surface area contributed by atoms with Crippen LogP contribution in [0.3, 0.4) is 0 Å². The molecule has 1 aromatic carbocycles. The topological polar surface area (TPSA) is 52.6 Å². The van der Waals surface area contributed by atoms with Crippen LogP contribution in [0.2, 0.25) is 5.02 Å². The predicted octanol–water partition coefficient (Wildman–Crippen LogP) is 1.66. The number of aliphatic hydroxyl groups is 1. The maximum atomic E-state index is 11.8. The molecule has 106 valence electrons. The molecular formula is C14H21ClN2O2. The standard InChI is InChI=1S/C14H21ClN2O2/c1-11(2)17(7-8-18)10-14(19)16-9-12-5-3-4-6-13(12)15/h3-6,11,18H,7-10H2,1-2H3,(H,16,19). The number of amides is 1. The summed E-state index contributed by atoms with van der Waals surface area (Å²) in [7, 11) is 0. The lowest BCUT2D eigenvalue weighted by atomic mass is 10.2. The van der Waals surface area contributed by atoms with E-state index < -0.39 is 0 Å². The number of aliphatic hydroxyl groups excluding tert-OH is 1. The highest BCUT2D eigenvalue weighted by molar-refractivity contribution is 6.31. The van der Waals surface area contributed by atoms with Gasteiger partial charge < -0.3 is 10.4 Å². The molecule has 0 aliphatic heterocycles. The van der Waals surface area contributed by atoms with E-state index >= 15 is 0 Å². The summed E-state index contributed by atoms with van der Waals surface area (Å²) in [5.74, 6) is -0.0675. The molecule has 0 radical (unpaired) electrons. The van der Waals surface area contributed by atoms with Gasteiger partial charge in [0.1, 0.15) is 0 Å². The molecule has 2 N–H and O–H groups in total. The second-order valence-electron chi connectivity index (χ2n) is 4.66. The zero-order chi connectivity index (χ0) is 14.3. The predicted molar refractivity (Wildman–Crippen MR) is 77.1 cm³/mol. The van der Waals surface area contributed by atoms with E-state index in [4.69, 9.17) is 16.7 Å². The van der Waals surface area contributed by atoms with E-state index in [-0.39, 0.29) is 25.1 Å². The number of nitrogens with one attached hydrogen (secondary N) is 1. The first kappa shape index (κ1) is 16.0. The van der Waals surface area contributed by atoms with Gasteiger partial charge in [-0.1, -0.05) is 29.8 Å². The van der Waals surface area contributed by atoms with Crippen molar-refractivity contribution >= 4 is 17.5 Å². The monoisotopic (exact) mass is 284 g/mol. The van der Waals surface area contributed by atoms with Crippen LogP contribution in [0, 0.1) is 0 Å². The Bertz CT molecular complexity index is 410. The largest absolute Gasteiger partial charge is 0.395 e. The first-order chi connectivity index (χ1) is 9.04. The molecule has 5 heteroatoms. The number of benzene rings is 1. The van der Waals surface area contributed by atoms with Crippen LogP contribution in [0.5, 0.6) is 0 Å². The van der Waals surface area contributed by atoms with Crippen molar-refractivity contribution in [1.82, 2.24) is 10.2 Å². The van der Waals surface area contributed by atoms with Gasteiger partial charge in [0.15, 0.2) is 0 Å². The van der Waals surface area contributed by atoms with E-state index in [2.05, 4.69) is 5.32 Å². The van der Waals surface area contributed by atoms with E-state index in [1.165, 1.54) is 0 Å². The Labute approximate surface area is 119 Å². The van der Waals surface area contributed by atoms with Crippen molar-refractivity contribution in [3.63, 3.8) is 0 Å². The second-order valence-corrected chi connectivity index (χ2v) is 5.06. The summed E-state index contributed by atoms with van der Waals surface area (Å²) in [6, 6.07) is 7.65. The van der Waals surface area contributed by atoms with Gasteiger partial charge in [-0.15, -0.1) is 0 Å². The van der Waals surface area contributed by atoms with Crippen molar-refractivity contribution in [1.29, 1.82) is 0 Å². The molecule has 0 spiro atoms. The third-order valence-corrected chi connectivity index (χ3v) is 3.27. The molecule has 1 rings (SSSR count). The van der Waals surface area contributed by atoms with Gasteiger partial charge in [-0.3, -0.25) is 9.69 Å². The molecular weight excluding hydrogens is 264 g/mol. The molecule has 0 aromatic heterocycles. The molecule has 4 nitrogen and oxygen atoms in total. The molecule has 1 amide bonds. The van der Waals surface area contributed by atoms with E-state index in [9.17, 15) is 4.79 Å². The number of hydrogen-bond acceptors (Lipinski definition) is 3. The minimum absolute atomic E-state index is 0.0516.